The molecule has 0 aromatic rings. The van der Waals surface area contributed by atoms with Crippen molar-refractivity contribution in [1.82, 2.24) is 10.6 Å². The number of nitrogens with one attached hydrogen (secondary N) is 2. The fourth-order valence-corrected chi connectivity index (χ4v) is 2.80. The Morgan fingerprint density at radius 3 is 3.00 bits per heavy atom. The second-order valence-electron chi connectivity index (χ2n) is 4.09. The number of thioether (sulfide) groups is 1. The lowest BCUT2D eigenvalue weighted by Gasteiger charge is -2.18. The van der Waals surface area contributed by atoms with Crippen molar-refractivity contribution in [1.29, 1.82) is 0 Å². The molecule has 0 aliphatic carbocycles. The van der Waals surface area contributed by atoms with Gasteiger partial charge >= 0.3 is 0 Å². The van der Waals surface area contributed by atoms with E-state index in [4.69, 9.17) is 0 Å². The first-order valence-corrected chi connectivity index (χ1v) is 7.01. The van der Waals surface area contributed by atoms with Crippen molar-refractivity contribution in [3.63, 3.8) is 0 Å². The van der Waals surface area contributed by atoms with Gasteiger partial charge in [0.1, 0.15) is 0 Å². The molecule has 1 saturated heterocycles. The monoisotopic (exact) mass is 230 g/mol. The van der Waals surface area contributed by atoms with Gasteiger partial charge in [0, 0.05) is 18.3 Å². The molecule has 1 amide bonds. The first kappa shape index (κ1) is 12.8. The Labute approximate surface area is 96.8 Å². The van der Waals surface area contributed by atoms with Crippen molar-refractivity contribution in [3.05, 3.63) is 0 Å². The van der Waals surface area contributed by atoms with Crippen molar-refractivity contribution in [2.75, 3.05) is 18.1 Å². The summed E-state index contributed by atoms with van der Waals surface area (Å²) in [6.45, 7) is 4.88. The van der Waals surface area contributed by atoms with E-state index >= 15 is 0 Å². The van der Waals surface area contributed by atoms with Crippen LogP contribution in [-0.4, -0.2) is 36.0 Å². The maximum Gasteiger partial charge on any atom is 0.236 e. The van der Waals surface area contributed by atoms with Crippen molar-refractivity contribution in [2.24, 2.45) is 0 Å². The molecule has 15 heavy (non-hydrogen) atoms. The second kappa shape index (κ2) is 7.12. The molecule has 1 rings (SSSR count). The summed E-state index contributed by atoms with van der Waals surface area (Å²) in [5, 5.41) is 6.32. The van der Waals surface area contributed by atoms with Gasteiger partial charge in [-0.3, -0.25) is 4.79 Å². The quantitative estimate of drug-likeness (QED) is 0.678. The predicted octanol–water partition coefficient (Wildman–Crippen LogP) is 1.39. The largest absolute Gasteiger partial charge is 0.355 e. The van der Waals surface area contributed by atoms with E-state index in [1.807, 2.05) is 18.7 Å². The molecule has 0 saturated carbocycles. The van der Waals surface area contributed by atoms with Crippen molar-refractivity contribution in [2.45, 2.75) is 45.2 Å². The highest BCUT2D eigenvalue weighted by molar-refractivity contribution is 7.99. The molecule has 0 spiro atoms. The lowest BCUT2D eigenvalue weighted by Crippen LogP contribution is -2.46. The number of carbonyl (C=O) groups is 1. The number of carbonyl (C=O) groups excluding carboxylic acids is 1. The van der Waals surface area contributed by atoms with Crippen molar-refractivity contribution >= 4 is 17.7 Å². The molecule has 3 nitrogen and oxygen atoms in total. The Bertz CT molecular complexity index is 193. The second-order valence-corrected chi connectivity index (χ2v) is 5.24. The Morgan fingerprint density at radius 1 is 1.60 bits per heavy atom. The summed E-state index contributed by atoms with van der Waals surface area (Å²) < 4.78 is 0. The number of amides is 1. The van der Waals surface area contributed by atoms with Gasteiger partial charge in [-0.15, -0.1) is 0 Å². The van der Waals surface area contributed by atoms with Crippen LogP contribution in [0.1, 0.15) is 33.1 Å². The summed E-state index contributed by atoms with van der Waals surface area (Å²) in [6.07, 6.45) is 3.39. The fraction of sp³-hybridized carbons (Fsp3) is 0.909. The van der Waals surface area contributed by atoms with Crippen LogP contribution in [0.25, 0.3) is 0 Å². The number of rotatable bonds is 6. The summed E-state index contributed by atoms with van der Waals surface area (Å²) >= 11 is 1.96. The predicted molar refractivity (Wildman–Crippen MR) is 66.2 cm³/mol. The third-order valence-electron chi connectivity index (χ3n) is 2.64. The van der Waals surface area contributed by atoms with E-state index in [1.54, 1.807) is 0 Å². The highest BCUT2D eigenvalue weighted by atomic mass is 32.2. The van der Waals surface area contributed by atoms with Gasteiger partial charge in [0.05, 0.1) is 6.04 Å². The highest BCUT2D eigenvalue weighted by Crippen LogP contribution is 2.17. The van der Waals surface area contributed by atoms with Crippen LogP contribution in [0.3, 0.4) is 0 Å². The van der Waals surface area contributed by atoms with E-state index in [0.29, 0.717) is 6.04 Å². The van der Waals surface area contributed by atoms with E-state index in [9.17, 15) is 4.79 Å². The zero-order valence-electron chi connectivity index (χ0n) is 9.71. The molecule has 2 N–H and O–H groups in total. The van der Waals surface area contributed by atoms with Gasteiger partial charge in [0.2, 0.25) is 5.91 Å². The Hall–Kier alpha value is -0.220. The summed E-state index contributed by atoms with van der Waals surface area (Å²) in [5.74, 6) is 2.51. The average molecular weight is 230 g/mol. The molecule has 1 fully saturated rings. The molecule has 88 valence electrons. The van der Waals surface area contributed by atoms with Gasteiger partial charge in [-0.2, -0.15) is 11.8 Å². The average Bonchev–Trinajstić information content (AvgIpc) is 2.70. The first-order chi connectivity index (χ1) is 7.24. The summed E-state index contributed by atoms with van der Waals surface area (Å²) in [4.78, 5) is 11.6. The SMILES string of the molecule is CCCCNC(=O)C(C)NC1CCSC1. The minimum absolute atomic E-state index is 0.0504. The van der Waals surface area contributed by atoms with Gasteiger partial charge in [-0.1, -0.05) is 13.3 Å². The normalized spacial score (nSPS) is 22.7. The topological polar surface area (TPSA) is 41.1 Å². The number of hydrogen-bond acceptors (Lipinski definition) is 3. The molecule has 0 aromatic heterocycles. The minimum Gasteiger partial charge on any atom is -0.355 e. The highest BCUT2D eigenvalue weighted by Gasteiger charge is 2.20. The molecule has 1 aliphatic heterocycles. The Balaban J connectivity index is 2.14. The summed E-state index contributed by atoms with van der Waals surface area (Å²) in [6, 6.07) is 0.479. The molecule has 2 unspecified atom stereocenters. The van der Waals surface area contributed by atoms with E-state index < -0.39 is 0 Å². The summed E-state index contributed by atoms with van der Waals surface area (Å²) in [7, 11) is 0. The molecule has 1 heterocycles. The first-order valence-electron chi connectivity index (χ1n) is 5.85. The lowest BCUT2D eigenvalue weighted by molar-refractivity contribution is -0.122. The third kappa shape index (κ3) is 4.89. The Morgan fingerprint density at radius 2 is 2.40 bits per heavy atom. The molecule has 0 aromatic carbocycles. The number of hydrogen-bond donors (Lipinski definition) is 2. The van der Waals surface area contributed by atoms with Gasteiger partial charge in [0.15, 0.2) is 0 Å². The van der Waals surface area contributed by atoms with E-state index in [-0.39, 0.29) is 11.9 Å². The van der Waals surface area contributed by atoms with Crippen molar-refractivity contribution < 1.29 is 4.79 Å². The van der Waals surface area contributed by atoms with Crippen LogP contribution in [0.2, 0.25) is 0 Å². The minimum atomic E-state index is -0.0504. The lowest BCUT2D eigenvalue weighted by atomic mass is 10.2. The van der Waals surface area contributed by atoms with Crippen LogP contribution in [0.5, 0.6) is 0 Å². The van der Waals surface area contributed by atoms with Crippen LogP contribution in [-0.2, 0) is 4.79 Å². The summed E-state index contributed by atoms with van der Waals surface area (Å²) in [5.41, 5.74) is 0. The van der Waals surface area contributed by atoms with Gasteiger partial charge in [0.25, 0.3) is 0 Å². The third-order valence-corrected chi connectivity index (χ3v) is 3.80. The molecule has 0 radical (unpaired) electrons. The standard InChI is InChI=1S/C11H22N2OS/c1-3-4-6-12-11(14)9(2)13-10-5-7-15-8-10/h9-10,13H,3-8H2,1-2H3,(H,12,14). The number of unbranched alkanes of at least 4 members (excludes halogenated alkanes) is 1. The van der Waals surface area contributed by atoms with Gasteiger partial charge in [-0.05, 0) is 25.5 Å². The van der Waals surface area contributed by atoms with Gasteiger partial charge in [-0.25, -0.2) is 0 Å². The van der Waals surface area contributed by atoms with Crippen LogP contribution in [0.15, 0.2) is 0 Å². The van der Waals surface area contributed by atoms with E-state index in [2.05, 4.69) is 17.6 Å². The smallest absolute Gasteiger partial charge is 0.236 e. The molecule has 2 atom stereocenters. The van der Waals surface area contributed by atoms with Crippen LogP contribution in [0, 0.1) is 0 Å². The van der Waals surface area contributed by atoms with E-state index in [0.717, 1.165) is 25.1 Å². The maximum absolute atomic E-state index is 11.6. The molecule has 4 heteroatoms. The molecular formula is C11H22N2OS. The van der Waals surface area contributed by atoms with Crippen molar-refractivity contribution in [3.8, 4) is 0 Å². The van der Waals surface area contributed by atoms with Crippen LogP contribution >= 0.6 is 11.8 Å². The fourth-order valence-electron chi connectivity index (χ4n) is 1.64. The maximum atomic E-state index is 11.6. The Kier molecular flexibility index (Phi) is 6.10. The molecule has 1 aliphatic rings. The van der Waals surface area contributed by atoms with Crippen LogP contribution in [0.4, 0.5) is 0 Å². The molecule has 0 bridgehead atoms. The van der Waals surface area contributed by atoms with Crippen LogP contribution < -0.4 is 10.6 Å². The zero-order chi connectivity index (χ0) is 11.1. The van der Waals surface area contributed by atoms with Gasteiger partial charge < -0.3 is 10.6 Å². The molecular weight excluding hydrogens is 208 g/mol. The zero-order valence-corrected chi connectivity index (χ0v) is 10.5. The van der Waals surface area contributed by atoms with E-state index in [1.165, 1.54) is 12.2 Å².